The summed E-state index contributed by atoms with van der Waals surface area (Å²) in [5.74, 6) is -0.792. The minimum absolute atomic E-state index is 0.343. The smallest absolute Gasteiger partial charge is 0.324 e. The molecule has 0 bridgehead atoms. The van der Waals surface area contributed by atoms with E-state index in [4.69, 9.17) is 5.26 Å². The summed E-state index contributed by atoms with van der Waals surface area (Å²) in [6.45, 7) is 1.74. The first-order valence-corrected chi connectivity index (χ1v) is 4.90. The third-order valence-corrected chi connectivity index (χ3v) is 3.27. The van der Waals surface area contributed by atoms with Crippen LogP contribution >= 0.6 is 0 Å². The van der Waals surface area contributed by atoms with Gasteiger partial charge in [0, 0.05) is 0 Å². The lowest BCUT2D eigenvalue weighted by atomic mass is 9.94. The van der Waals surface area contributed by atoms with Gasteiger partial charge >= 0.3 is 5.97 Å². The molecule has 0 aromatic carbocycles. The number of hydrogen-bond acceptors (Lipinski definition) is 3. The van der Waals surface area contributed by atoms with Crippen molar-refractivity contribution in [2.75, 3.05) is 7.05 Å². The Labute approximate surface area is 84.1 Å². The molecule has 1 fully saturated rings. The minimum Gasteiger partial charge on any atom is -0.480 e. The normalized spacial score (nSPS) is 21.9. The van der Waals surface area contributed by atoms with Crippen LogP contribution in [0.15, 0.2) is 0 Å². The molecular formula is C10H16N2O2. The van der Waals surface area contributed by atoms with Gasteiger partial charge in [-0.05, 0) is 26.8 Å². The van der Waals surface area contributed by atoms with E-state index in [9.17, 15) is 9.90 Å². The third kappa shape index (κ3) is 1.60. The van der Waals surface area contributed by atoms with Gasteiger partial charge in [0.15, 0.2) is 0 Å². The molecule has 1 N–H and O–H groups in total. The molecule has 0 spiro atoms. The van der Waals surface area contributed by atoms with Crippen molar-refractivity contribution in [3.05, 3.63) is 0 Å². The summed E-state index contributed by atoms with van der Waals surface area (Å²) in [7, 11) is 1.73. The van der Waals surface area contributed by atoms with Crippen LogP contribution in [-0.2, 0) is 4.79 Å². The Kier molecular flexibility index (Phi) is 3.12. The van der Waals surface area contributed by atoms with Gasteiger partial charge in [-0.1, -0.05) is 12.8 Å². The standard InChI is InChI=1S/C10H16N2O2/c1-8(7-11)12(2)10(9(13)14)5-3-4-6-10/h8H,3-6H2,1-2H3,(H,13,14). The van der Waals surface area contributed by atoms with Crippen LogP contribution in [0, 0.1) is 11.3 Å². The van der Waals surface area contributed by atoms with E-state index in [1.807, 2.05) is 0 Å². The molecule has 4 heteroatoms. The van der Waals surface area contributed by atoms with Crippen molar-refractivity contribution in [2.45, 2.75) is 44.2 Å². The fourth-order valence-electron chi connectivity index (χ4n) is 2.13. The molecular weight excluding hydrogens is 180 g/mol. The van der Waals surface area contributed by atoms with Crippen molar-refractivity contribution in [1.29, 1.82) is 5.26 Å². The molecule has 0 amide bonds. The van der Waals surface area contributed by atoms with E-state index in [0.717, 1.165) is 12.8 Å². The van der Waals surface area contributed by atoms with Crippen LogP contribution in [0.2, 0.25) is 0 Å². The van der Waals surface area contributed by atoms with Crippen LogP contribution in [0.3, 0.4) is 0 Å². The van der Waals surface area contributed by atoms with Gasteiger partial charge in [-0.25, -0.2) is 0 Å². The van der Waals surface area contributed by atoms with Crippen LogP contribution in [0.1, 0.15) is 32.6 Å². The first kappa shape index (κ1) is 11.0. The molecule has 0 aromatic heterocycles. The maximum atomic E-state index is 11.2. The molecule has 4 nitrogen and oxygen atoms in total. The summed E-state index contributed by atoms with van der Waals surface area (Å²) in [6, 6.07) is 1.74. The number of carboxylic acids is 1. The largest absolute Gasteiger partial charge is 0.480 e. The van der Waals surface area contributed by atoms with Gasteiger partial charge in [0.05, 0.1) is 12.1 Å². The Morgan fingerprint density at radius 2 is 2.07 bits per heavy atom. The number of rotatable bonds is 3. The number of likely N-dealkylation sites (N-methyl/N-ethyl adjacent to an activating group) is 1. The highest BCUT2D eigenvalue weighted by Crippen LogP contribution is 2.35. The zero-order valence-electron chi connectivity index (χ0n) is 8.66. The predicted molar refractivity (Wildman–Crippen MR) is 51.7 cm³/mol. The van der Waals surface area contributed by atoms with E-state index < -0.39 is 11.5 Å². The van der Waals surface area contributed by atoms with Crippen molar-refractivity contribution in [3.8, 4) is 6.07 Å². The van der Waals surface area contributed by atoms with Crippen molar-refractivity contribution in [2.24, 2.45) is 0 Å². The average molecular weight is 196 g/mol. The Balaban J connectivity index is 2.89. The Hall–Kier alpha value is -1.08. The number of carboxylic acid groups (broad SMARTS) is 1. The van der Waals surface area contributed by atoms with Crippen LogP contribution in [0.25, 0.3) is 0 Å². The quantitative estimate of drug-likeness (QED) is 0.737. The van der Waals surface area contributed by atoms with E-state index in [0.29, 0.717) is 12.8 Å². The Bertz CT molecular complexity index is 264. The van der Waals surface area contributed by atoms with Gasteiger partial charge in [0.25, 0.3) is 0 Å². The van der Waals surface area contributed by atoms with Crippen LogP contribution < -0.4 is 0 Å². The topological polar surface area (TPSA) is 64.3 Å². The number of nitrogens with zero attached hydrogens (tertiary/aromatic N) is 2. The van der Waals surface area contributed by atoms with Gasteiger partial charge in [-0.15, -0.1) is 0 Å². The molecule has 1 aliphatic rings. The summed E-state index contributed by atoms with van der Waals surface area (Å²) in [4.78, 5) is 12.9. The Morgan fingerprint density at radius 3 is 2.43 bits per heavy atom. The average Bonchev–Trinajstić information content (AvgIpc) is 2.65. The van der Waals surface area contributed by atoms with Gasteiger partial charge in [0.2, 0.25) is 0 Å². The van der Waals surface area contributed by atoms with Crippen molar-refractivity contribution in [3.63, 3.8) is 0 Å². The molecule has 1 atom stereocenters. The van der Waals surface area contributed by atoms with Gasteiger partial charge in [0.1, 0.15) is 5.54 Å². The maximum absolute atomic E-state index is 11.2. The molecule has 1 rings (SSSR count). The monoisotopic (exact) mass is 196 g/mol. The van der Waals surface area contributed by atoms with Crippen molar-refractivity contribution in [1.82, 2.24) is 4.90 Å². The second-order valence-corrected chi connectivity index (χ2v) is 3.96. The molecule has 0 saturated heterocycles. The summed E-state index contributed by atoms with van der Waals surface area (Å²) >= 11 is 0. The number of aliphatic carboxylic acids is 1. The number of hydrogen-bond donors (Lipinski definition) is 1. The fraction of sp³-hybridized carbons (Fsp3) is 0.800. The van der Waals surface area contributed by atoms with Gasteiger partial charge in [-0.2, -0.15) is 5.26 Å². The van der Waals surface area contributed by atoms with Crippen LogP contribution in [-0.4, -0.2) is 34.6 Å². The minimum atomic E-state index is -0.796. The first-order chi connectivity index (χ1) is 6.54. The lowest BCUT2D eigenvalue weighted by Gasteiger charge is -2.36. The molecule has 78 valence electrons. The number of nitriles is 1. The van der Waals surface area contributed by atoms with E-state index in [1.165, 1.54) is 0 Å². The van der Waals surface area contributed by atoms with E-state index in [1.54, 1.807) is 18.9 Å². The summed E-state index contributed by atoms with van der Waals surface area (Å²) in [5, 5.41) is 18.0. The SMILES string of the molecule is CC(C#N)N(C)C1(C(=O)O)CCCC1. The zero-order valence-corrected chi connectivity index (χ0v) is 8.66. The van der Waals surface area contributed by atoms with Crippen LogP contribution in [0.4, 0.5) is 0 Å². The van der Waals surface area contributed by atoms with Gasteiger partial charge < -0.3 is 5.11 Å². The van der Waals surface area contributed by atoms with Gasteiger partial charge in [-0.3, -0.25) is 9.69 Å². The summed E-state index contributed by atoms with van der Waals surface area (Å²) in [5.41, 5.74) is -0.796. The second-order valence-electron chi connectivity index (χ2n) is 3.96. The molecule has 0 radical (unpaired) electrons. The third-order valence-electron chi connectivity index (χ3n) is 3.27. The lowest BCUT2D eigenvalue weighted by Crippen LogP contribution is -2.53. The first-order valence-electron chi connectivity index (χ1n) is 4.90. The highest BCUT2D eigenvalue weighted by atomic mass is 16.4. The molecule has 0 aliphatic heterocycles. The molecule has 1 unspecified atom stereocenters. The zero-order chi connectivity index (χ0) is 10.8. The van der Waals surface area contributed by atoms with Crippen molar-refractivity contribution < 1.29 is 9.90 Å². The molecule has 1 saturated carbocycles. The molecule has 1 aliphatic carbocycles. The highest BCUT2D eigenvalue weighted by Gasteiger charge is 2.46. The molecule has 14 heavy (non-hydrogen) atoms. The number of carbonyl (C=O) groups is 1. The lowest BCUT2D eigenvalue weighted by molar-refractivity contribution is -0.151. The van der Waals surface area contributed by atoms with E-state index in [2.05, 4.69) is 6.07 Å². The second kappa shape index (κ2) is 3.97. The Morgan fingerprint density at radius 1 is 1.57 bits per heavy atom. The van der Waals surface area contributed by atoms with E-state index in [-0.39, 0.29) is 6.04 Å². The van der Waals surface area contributed by atoms with Crippen LogP contribution in [0.5, 0.6) is 0 Å². The fourth-order valence-corrected chi connectivity index (χ4v) is 2.13. The van der Waals surface area contributed by atoms with Crippen molar-refractivity contribution >= 4 is 5.97 Å². The maximum Gasteiger partial charge on any atom is 0.324 e. The predicted octanol–water partition coefficient (Wildman–Crippen LogP) is 1.23. The highest BCUT2D eigenvalue weighted by molar-refractivity contribution is 5.79. The molecule has 0 heterocycles. The van der Waals surface area contributed by atoms with E-state index >= 15 is 0 Å². The summed E-state index contributed by atoms with van der Waals surface area (Å²) in [6.07, 6.45) is 3.19. The summed E-state index contributed by atoms with van der Waals surface area (Å²) < 4.78 is 0. The molecule has 0 aromatic rings.